The Morgan fingerprint density at radius 2 is 2.22 bits per heavy atom. The fraction of sp³-hybridized carbons (Fsp3) is 0.500. The van der Waals surface area contributed by atoms with Crippen LogP contribution in [0.25, 0.3) is 0 Å². The van der Waals surface area contributed by atoms with Crippen LogP contribution in [0.3, 0.4) is 0 Å². The zero-order chi connectivity index (χ0) is 12.8. The Labute approximate surface area is 108 Å². The summed E-state index contributed by atoms with van der Waals surface area (Å²) in [5.74, 6) is 0.502. The molecule has 0 bridgehead atoms. The highest BCUT2D eigenvalue weighted by Gasteiger charge is 2.22. The van der Waals surface area contributed by atoms with Crippen LogP contribution in [0.15, 0.2) is 30.3 Å². The van der Waals surface area contributed by atoms with Crippen molar-refractivity contribution in [3.05, 3.63) is 30.3 Å². The maximum absolute atomic E-state index is 11.3. The first-order valence-corrected chi connectivity index (χ1v) is 6.35. The number of nitrogens with zero attached hydrogens (tertiary/aromatic N) is 1. The van der Waals surface area contributed by atoms with Crippen molar-refractivity contribution in [2.45, 2.75) is 6.42 Å². The largest absolute Gasteiger partial charge is 0.375 e. The molecule has 18 heavy (non-hydrogen) atoms. The first-order chi connectivity index (χ1) is 8.79. The molecule has 1 aromatic rings. The van der Waals surface area contributed by atoms with E-state index in [1.807, 2.05) is 6.07 Å². The van der Waals surface area contributed by atoms with Gasteiger partial charge < -0.3 is 15.0 Å². The molecule has 0 spiro atoms. The smallest absolute Gasteiger partial charge is 0.245 e. The number of rotatable bonds is 5. The summed E-state index contributed by atoms with van der Waals surface area (Å²) in [6.45, 7) is 2.97. The minimum Gasteiger partial charge on any atom is -0.375 e. The summed E-state index contributed by atoms with van der Waals surface area (Å²) in [5.41, 5.74) is 1.27. The fourth-order valence-electron chi connectivity index (χ4n) is 2.31. The van der Waals surface area contributed by atoms with Gasteiger partial charge in [-0.1, -0.05) is 18.2 Å². The minimum absolute atomic E-state index is 0.0318. The summed E-state index contributed by atoms with van der Waals surface area (Å²) < 4.78 is 4.79. The molecule has 0 aliphatic carbocycles. The van der Waals surface area contributed by atoms with Gasteiger partial charge in [-0.3, -0.25) is 4.79 Å². The number of benzene rings is 1. The average molecular weight is 248 g/mol. The number of ether oxygens (including phenoxy) is 1. The van der Waals surface area contributed by atoms with Crippen molar-refractivity contribution in [2.75, 3.05) is 38.3 Å². The second-order valence-electron chi connectivity index (χ2n) is 4.67. The molecule has 1 N–H and O–H groups in total. The molecule has 1 saturated heterocycles. The lowest BCUT2D eigenvalue weighted by molar-refractivity contribution is -0.124. The number of nitrogens with one attached hydrogen (secondary N) is 1. The molecule has 1 amide bonds. The number of hydrogen-bond donors (Lipinski definition) is 1. The van der Waals surface area contributed by atoms with E-state index in [9.17, 15) is 4.79 Å². The van der Waals surface area contributed by atoms with Crippen LogP contribution in [0, 0.1) is 5.92 Å². The van der Waals surface area contributed by atoms with E-state index < -0.39 is 0 Å². The van der Waals surface area contributed by atoms with E-state index in [-0.39, 0.29) is 12.5 Å². The standard InChI is InChI=1S/C14H20N2O2/c1-18-11-14(17)15-9-12-7-8-16(10-12)13-5-3-2-4-6-13/h2-6,12H,7-11H2,1H3,(H,15,17)/t12-/m0/s1. The van der Waals surface area contributed by atoms with Crippen LogP contribution in [0.2, 0.25) is 0 Å². The van der Waals surface area contributed by atoms with Gasteiger partial charge in [-0.15, -0.1) is 0 Å². The van der Waals surface area contributed by atoms with Crippen molar-refractivity contribution < 1.29 is 9.53 Å². The molecule has 1 aromatic carbocycles. The lowest BCUT2D eigenvalue weighted by Gasteiger charge is -2.18. The van der Waals surface area contributed by atoms with Gasteiger partial charge >= 0.3 is 0 Å². The number of hydrogen-bond acceptors (Lipinski definition) is 3. The van der Waals surface area contributed by atoms with Crippen LogP contribution in [-0.2, 0) is 9.53 Å². The second kappa shape index (κ2) is 6.40. The number of methoxy groups -OCH3 is 1. The molecule has 0 saturated carbocycles. The summed E-state index contributed by atoms with van der Waals surface area (Å²) in [4.78, 5) is 13.7. The molecule has 1 fully saturated rings. The summed E-state index contributed by atoms with van der Waals surface area (Å²) in [6.07, 6.45) is 1.13. The number of carbonyl (C=O) groups is 1. The molecule has 4 nitrogen and oxygen atoms in total. The molecule has 98 valence electrons. The number of para-hydroxylation sites is 1. The molecule has 0 radical (unpaired) electrons. The van der Waals surface area contributed by atoms with E-state index in [0.29, 0.717) is 5.92 Å². The molecule has 1 heterocycles. The predicted molar refractivity (Wildman–Crippen MR) is 71.6 cm³/mol. The normalized spacial score (nSPS) is 18.9. The van der Waals surface area contributed by atoms with Gasteiger partial charge in [0.05, 0.1) is 0 Å². The number of amides is 1. The quantitative estimate of drug-likeness (QED) is 0.853. The summed E-state index contributed by atoms with van der Waals surface area (Å²) in [7, 11) is 1.53. The van der Waals surface area contributed by atoms with Gasteiger partial charge in [0.15, 0.2) is 0 Å². The minimum atomic E-state index is -0.0318. The van der Waals surface area contributed by atoms with E-state index in [1.165, 1.54) is 12.8 Å². The van der Waals surface area contributed by atoms with E-state index in [4.69, 9.17) is 4.74 Å². The number of anilines is 1. The lowest BCUT2D eigenvalue weighted by atomic mass is 10.1. The molecule has 2 rings (SSSR count). The van der Waals surface area contributed by atoms with Gasteiger partial charge in [0, 0.05) is 32.4 Å². The first kappa shape index (κ1) is 12.9. The fourth-order valence-corrected chi connectivity index (χ4v) is 2.31. The summed E-state index contributed by atoms with van der Waals surface area (Å²) >= 11 is 0. The zero-order valence-electron chi connectivity index (χ0n) is 10.8. The maximum atomic E-state index is 11.3. The monoisotopic (exact) mass is 248 g/mol. The molecule has 4 heteroatoms. The molecule has 1 atom stereocenters. The molecular weight excluding hydrogens is 228 g/mol. The highest BCUT2D eigenvalue weighted by molar-refractivity contribution is 5.77. The van der Waals surface area contributed by atoms with Crippen molar-refractivity contribution in [1.82, 2.24) is 5.32 Å². The Morgan fingerprint density at radius 1 is 1.44 bits per heavy atom. The third kappa shape index (κ3) is 3.47. The molecular formula is C14H20N2O2. The van der Waals surface area contributed by atoms with E-state index in [0.717, 1.165) is 26.1 Å². The topological polar surface area (TPSA) is 41.6 Å². The SMILES string of the molecule is COCC(=O)NC[C@@H]1CCN(c2ccccc2)C1. The molecule has 0 unspecified atom stereocenters. The molecule has 1 aliphatic heterocycles. The molecule has 1 aliphatic rings. The predicted octanol–water partition coefficient (Wildman–Crippen LogP) is 1.28. The van der Waals surface area contributed by atoms with Gasteiger partial charge in [-0.2, -0.15) is 0 Å². The first-order valence-electron chi connectivity index (χ1n) is 6.35. The van der Waals surface area contributed by atoms with Crippen molar-refractivity contribution in [2.24, 2.45) is 5.92 Å². The number of carbonyl (C=O) groups excluding carboxylic acids is 1. The van der Waals surface area contributed by atoms with Crippen LogP contribution in [0.5, 0.6) is 0 Å². The van der Waals surface area contributed by atoms with Crippen molar-refractivity contribution in [3.63, 3.8) is 0 Å². The highest BCUT2D eigenvalue weighted by atomic mass is 16.5. The zero-order valence-corrected chi connectivity index (χ0v) is 10.8. The molecule has 0 aromatic heterocycles. The van der Waals surface area contributed by atoms with Crippen molar-refractivity contribution in [1.29, 1.82) is 0 Å². The Hall–Kier alpha value is -1.55. The van der Waals surface area contributed by atoms with Crippen LogP contribution >= 0.6 is 0 Å². The van der Waals surface area contributed by atoms with Crippen LogP contribution in [0.1, 0.15) is 6.42 Å². The van der Waals surface area contributed by atoms with E-state index in [1.54, 1.807) is 0 Å². The average Bonchev–Trinajstić information content (AvgIpc) is 2.87. The van der Waals surface area contributed by atoms with Gasteiger partial charge in [-0.25, -0.2) is 0 Å². The van der Waals surface area contributed by atoms with Crippen LogP contribution < -0.4 is 10.2 Å². The van der Waals surface area contributed by atoms with Crippen LogP contribution in [-0.4, -0.2) is 39.3 Å². The van der Waals surface area contributed by atoms with Gasteiger partial charge in [0.1, 0.15) is 6.61 Å². The van der Waals surface area contributed by atoms with Gasteiger partial charge in [-0.05, 0) is 24.5 Å². The third-order valence-electron chi connectivity index (χ3n) is 3.27. The maximum Gasteiger partial charge on any atom is 0.245 e. The third-order valence-corrected chi connectivity index (χ3v) is 3.27. The van der Waals surface area contributed by atoms with E-state index >= 15 is 0 Å². The summed E-state index contributed by atoms with van der Waals surface area (Å²) in [5, 5.41) is 2.91. The Kier molecular flexibility index (Phi) is 4.59. The summed E-state index contributed by atoms with van der Waals surface area (Å²) in [6, 6.07) is 10.4. The van der Waals surface area contributed by atoms with Crippen LogP contribution in [0.4, 0.5) is 5.69 Å². The Morgan fingerprint density at radius 3 is 2.94 bits per heavy atom. The van der Waals surface area contributed by atoms with E-state index in [2.05, 4.69) is 34.5 Å². The highest BCUT2D eigenvalue weighted by Crippen LogP contribution is 2.22. The van der Waals surface area contributed by atoms with Crippen molar-refractivity contribution >= 4 is 11.6 Å². The van der Waals surface area contributed by atoms with Gasteiger partial charge in [0.2, 0.25) is 5.91 Å². The second-order valence-corrected chi connectivity index (χ2v) is 4.67. The lowest BCUT2D eigenvalue weighted by Crippen LogP contribution is -2.33. The Balaban J connectivity index is 1.77. The van der Waals surface area contributed by atoms with Gasteiger partial charge in [0.25, 0.3) is 0 Å². The van der Waals surface area contributed by atoms with Crippen molar-refractivity contribution in [3.8, 4) is 0 Å². The Bertz CT molecular complexity index is 381.